The fraction of sp³-hybridized carbons (Fsp3) is 0.484. The van der Waals surface area contributed by atoms with Crippen molar-refractivity contribution in [3.05, 3.63) is 59.7 Å². The number of nitrogens with zero attached hydrogens (tertiary/aromatic N) is 7. The summed E-state index contributed by atoms with van der Waals surface area (Å²) in [5.41, 5.74) is 4.16. The Labute approximate surface area is 273 Å². The van der Waals surface area contributed by atoms with Crippen molar-refractivity contribution in [3.63, 3.8) is 0 Å². The largest absolute Gasteiger partial charge is 1.00 e. The number of pyridine rings is 2. The van der Waals surface area contributed by atoms with Crippen LogP contribution in [0.25, 0.3) is 22.2 Å². The first-order valence-electron chi connectivity index (χ1n) is 14.4. The second kappa shape index (κ2) is 12.8. The molecule has 8 nitrogen and oxygen atoms in total. The molecule has 3 saturated heterocycles. The van der Waals surface area contributed by atoms with E-state index in [4.69, 9.17) is 10.4 Å². The van der Waals surface area contributed by atoms with Crippen LogP contribution in [0.4, 0.5) is 10.2 Å². The van der Waals surface area contributed by atoms with Crippen LogP contribution in [-0.4, -0.2) is 86.6 Å². The zero-order chi connectivity index (χ0) is 28.7. The quantitative estimate of drug-likeness (QED) is 0.147. The van der Waals surface area contributed by atoms with Crippen molar-refractivity contribution >= 4 is 45.1 Å². The first-order chi connectivity index (χ1) is 19.8. The summed E-state index contributed by atoms with van der Waals surface area (Å²) in [6, 6.07) is 2.28. The summed E-state index contributed by atoms with van der Waals surface area (Å²) in [6.45, 7) is 11.1. The zero-order valence-corrected chi connectivity index (χ0v) is 26.6. The van der Waals surface area contributed by atoms with E-state index in [2.05, 4.69) is 67.2 Å². The molecule has 3 aromatic rings. The zero-order valence-electron chi connectivity index (χ0n) is 24.5. The molecular weight excluding hydrogens is 637 g/mol. The minimum atomic E-state index is -0.613. The van der Waals surface area contributed by atoms with Crippen LogP contribution in [-0.2, 0) is 0 Å². The Kier molecular flexibility index (Phi) is 9.57. The molecule has 0 bridgehead atoms. The van der Waals surface area contributed by atoms with Gasteiger partial charge in [0.2, 0.25) is 0 Å². The topological polar surface area (TPSA) is 85.1 Å². The molecule has 0 aromatic carbocycles. The summed E-state index contributed by atoms with van der Waals surface area (Å²) >= 11 is 2.38. The van der Waals surface area contributed by atoms with Gasteiger partial charge >= 0.3 is 18.9 Å². The van der Waals surface area contributed by atoms with Gasteiger partial charge in [0.05, 0.1) is 5.69 Å². The van der Waals surface area contributed by atoms with E-state index in [1.54, 1.807) is 6.08 Å². The fourth-order valence-electron chi connectivity index (χ4n) is 6.55. The number of hydrogen-bond donors (Lipinski definition) is 1. The number of aromatic nitrogens is 4. The third-order valence-electron chi connectivity index (χ3n) is 8.99. The molecule has 6 heterocycles. The normalized spacial score (nSPS) is 25.0. The Hall–Kier alpha value is -2.13. The monoisotopic (exact) mass is 673 g/mol. The number of alkyl halides is 1. The molecule has 1 unspecified atom stereocenters. The first kappa shape index (κ1) is 31.3. The van der Waals surface area contributed by atoms with Crippen molar-refractivity contribution in [1.82, 2.24) is 29.7 Å². The Balaban J connectivity index is 0.000000270. The van der Waals surface area contributed by atoms with Gasteiger partial charge in [-0.3, -0.25) is 15.4 Å². The molecule has 0 radical (unpaired) electrons. The number of fused-ring (bicyclic) bond motifs is 2. The fourth-order valence-corrected chi connectivity index (χ4v) is 7.45. The molecule has 3 aromatic heterocycles. The van der Waals surface area contributed by atoms with Crippen molar-refractivity contribution in [1.29, 1.82) is 5.41 Å². The van der Waals surface area contributed by atoms with E-state index in [9.17, 15) is 4.39 Å². The SMILES string of the molecule is C=CC(=N)N1CC[C@@H](N(C)c2n[c-]nc3cc(-c4cncc(I)c4C4CC4)ncc23)C1.[CH2-]C12CCCN1C[C@H](F)C2.[Li+]. The van der Waals surface area contributed by atoms with Gasteiger partial charge in [-0.25, -0.2) is 4.39 Å². The molecule has 4 aliphatic rings. The van der Waals surface area contributed by atoms with E-state index < -0.39 is 6.17 Å². The molecule has 216 valence electrons. The van der Waals surface area contributed by atoms with E-state index in [0.717, 1.165) is 60.5 Å². The molecule has 7 rings (SSSR count). The average Bonchev–Trinajstić information content (AvgIpc) is 3.45. The molecule has 0 amide bonds. The van der Waals surface area contributed by atoms with Gasteiger partial charge in [0.15, 0.2) is 0 Å². The van der Waals surface area contributed by atoms with E-state index in [0.29, 0.717) is 24.7 Å². The summed E-state index contributed by atoms with van der Waals surface area (Å²) in [7, 11) is 2.05. The van der Waals surface area contributed by atoms with Crippen molar-refractivity contribution in [2.75, 3.05) is 38.1 Å². The van der Waals surface area contributed by atoms with E-state index in [1.807, 2.05) is 36.6 Å². The number of likely N-dealkylation sites (N-methyl/N-ethyl adjacent to an activating group) is 1. The maximum atomic E-state index is 12.8. The Bertz CT molecular complexity index is 1470. The molecule has 0 spiro atoms. The van der Waals surface area contributed by atoms with Crippen LogP contribution >= 0.6 is 22.6 Å². The Morgan fingerprint density at radius 1 is 1.24 bits per heavy atom. The third-order valence-corrected chi connectivity index (χ3v) is 9.85. The van der Waals surface area contributed by atoms with Crippen LogP contribution < -0.4 is 23.8 Å². The number of likely N-dealkylation sites (tertiary alicyclic amines) is 1. The number of nitrogens with one attached hydrogen (secondary N) is 1. The van der Waals surface area contributed by atoms with Gasteiger partial charge in [0.25, 0.3) is 0 Å². The molecule has 3 atom stereocenters. The van der Waals surface area contributed by atoms with Gasteiger partial charge in [0.1, 0.15) is 12.0 Å². The number of anilines is 1. The number of halogens is 2. The predicted molar refractivity (Wildman–Crippen MR) is 169 cm³/mol. The maximum absolute atomic E-state index is 12.8. The van der Waals surface area contributed by atoms with Crippen molar-refractivity contribution < 1.29 is 23.3 Å². The van der Waals surface area contributed by atoms with E-state index in [1.165, 1.54) is 28.4 Å². The minimum Gasteiger partial charge on any atom is -0.407 e. The van der Waals surface area contributed by atoms with Crippen molar-refractivity contribution in [2.45, 2.75) is 62.2 Å². The van der Waals surface area contributed by atoms with Crippen LogP contribution in [0.15, 0.2) is 37.3 Å². The van der Waals surface area contributed by atoms with Crippen LogP contribution in [0, 0.1) is 22.2 Å². The maximum Gasteiger partial charge on any atom is 1.00 e. The summed E-state index contributed by atoms with van der Waals surface area (Å²) < 4.78 is 14.0. The summed E-state index contributed by atoms with van der Waals surface area (Å²) in [6.07, 6.45) is 15.9. The molecule has 1 saturated carbocycles. The average molecular weight is 674 g/mol. The number of rotatable bonds is 5. The van der Waals surface area contributed by atoms with Gasteiger partial charge in [-0.05, 0) is 91.4 Å². The van der Waals surface area contributed by atoms with Gasteiger partial charge < -0.3 is 31.6 Å². The van der Waals surface area contributed by atoms with Crippen LogP contribution in [0.5, 0.6) is 0 Å². The van der Waals surface area contributed by atoms with Crippen LogP contribution in [0.1, 0.15) is 50.0 Å². The predicted octanol–water partition coefficient (Wildman–Crippen LogP) is 2.44. The van der Waals surface area contributed by atoms with Crippen LogP contribution in [0.3, 0.4) is 0 Å². The summed E-state index contributed by atoms with van der Waals surface area (Å²) in [4.78, 5) is 24.5. The van der Waals surface area contributed by atoms with Crippen LogP contribution in [0.2, 0.25) is 0 Å². The molecule has 3 aliphatic heterocycles. The number of hydrogen-bond acceptors (Lipinski definition) is 7. The molecule has 4 fully saturated rings. The first-order valence-corrected chi connectivity index (χ1v) is 15.5. The standard InChI is InChI=1S/C23H23IN7.C8H13FN.Li/c1-3-21(25)31-7-6-15(12-31)30(2)23-17-10-27-19(8-20(17)28-13-29-23)16-9-26-11-18(24)22(16)14-4-5-14;1-8-3-2-4-10(8)6-7(9)5-8;/h3,8-11,14-15,25H,1,4-7,12H2,2H3;7H,1-6H2;/q2*-1;+1/t15-;7-,8?;/m11./s1. The second-order valence-corrected chi connectivity index (χ2v) is 12.9. The smallest absolute Gasteiger partial charge is 0.407 e. The summed E-state index contributed by atoms with van der Waals surface area (Å²) in [5.74, 6) is 1.91. The third kappa shape index (κ3) is 6.23. The van der Waals surface area contributed by atoms with E-state index >= 15 is 0 Å². The molecule has 1 N–H and O–H groups in total. The van der Waals surface area contributed by atoms with Gasteiger partial charge in [0, 0.05) is 65.5 Å². The van der Waals surface area contributed by atoms with Gasteiger partial charge in [-0.15, -0.1) is 5.54 Å². The number of amidine groups is 1. The van der Waals surface area contributed by atoms with Crippen molar-refractivity contribution in [2.24, 2.45) is 0 Å². The Morgan fingerprint density at radius 3 is 2.79 bits per heavy atom. The minimum absolute atomic E-state index is 0. The Morgan fingerprint density at radius 2 is 2.05 bits per heavy atom. The summed E-state index contributed by atoms with van der Waals surface area (Å²) in [5, 5.41) is 8.93. The van der Waals surface area contributed by atoms with E-state index in [-0.39, 0.29) is 30.4 Å². The molecule has 1 aliphatic carbocycles. The molecule has 42 heavy (non-hydrogen) atoms. The molecular formula is C31H36FILiN8-. The van der Waals surface area contributed by atoms with Crippen molar-refractivity contribution in [3.8, 4) is 11.3 Å². The van der Waals surface area contributed by atoms with Gasteiger partial charge in [-0.1, -0.05) is 24.5 Å². The molecule has 11 heteroatoms. The second-order valence-electron chi connectivity index (χ2n) is 11.8. The van der Waals surface area contributed by atoms with Gasteiger partial charge in [-0.2, -0.15) is 0 Å².